The van der Waals surface area contributed by atoms with E-state index in [2.05, 4.69) is 24.3 Å². The molecule has 3 aromatic carbocycles. The van der Waals surface area contributed by atoms with Crippen LogP contribution in [0.3, 0.4) is 0 Å². The van der Waals surface area contributed by atoms with E-state index in [1.54, 1.807) is 0 Å². The van der Waals surface area contributed by atoms with Crippen LogP contribution in [0.2, 0.25) is 0 Å². The lowest BCUT2D eigenvalue weighted by atomic mass is 9.84. The van der Waals surface area contributed by atoms with Gasteiger partial charge in [0.25, 0.3) is 0 Å². The molecule has 4 rings (SSSR count). The van der Waals surface area contributed by atoms with Crippen LogP contribution in [-0.4, -0.2) is 0 Å². The highest BCUT2D eigenvalue weighted by Crippen LogP contribution is 2.42. The van der Waals surface area contributed by atoms with Gasteiger partial charge in [0, 0.05) is 15.9 Å². The molecule has 1 fully saturated rings. The van der Waals surface area contributed by atoms with Crippen molar-refractivity contribution >= 4 is 23.1 Å². The van der Waals surface area contributed by atoms with Crippen LogP contribution in [-0.2, 0) is 4.57 Å². The Kier molecular flexibility index (Phi) is 5.09. The Hall–Kier alpha value is -2.11. The molecule has 0 N–H and O–H groups in total. The van der Waals surface area contributed by atoms with Gasteiger partial charge in [-0.3, -0.25) is 0 Å². The summed E-state index contributed by atoms with van der Waals surface area (Å²) in [5.41, 5.74) is 1.40. The maximum Gasteiger partial charge on any atom is 0.171 e. The van der Waals surface area contributed by atoms with Crippen molar-refractivity contribution in [1.82, 2.24) is 0 Å². The van der Waals surface area contributed by atoms with Crippen LogP contribution < -0.4 is 15.9 Å². The lowest BCUT2D eigenvalue weighted by molar-refractivity contribution is 0.443. The minimum atomic E-state index is -2.84. The second-order valence-corrected chi connectivity index (χ2v) is 9.97. The van der Waals surface area contributed by atoms with E-state index in [1.807, 2.05) is 60.7 Å². The number of hydrogen-bond acceptors (Lipinski definition) is 1. The third-order valence-corrected chi connectivity index (χ3v) is 8.65. The topological polar surface area (TPSA) is 17.1 Å². The van der Waals surface area contributed by atoms with Gasteiger partial charge in [0.15, 0.2) is 7.14 Å². The van der Waals surface area contributed by atoms with E-state index in [0.29, 0.717) is 5.92 Å². The van der Waals surface area contributed by atoms with E-state index in [1.165, 1.54) is 37.7 Å². The van der Waals surface area contributed by atoms with Crippen molar-refractivity contribution in [2.45, 2.75) is 38.0 Å². The maximum atomic E-state index is 14.3. The fourth-order valence-corrected chi connectivity index (χ4v) is 6.76. The van der Waals surface area contributed by atoms with E-state index < -0.39 is 7.14 Å². The zero-order valence-electron chi connectivity index (χ0n) is 15.1. The van der Waals surface area contributed by atoms with Gasteiger partial charge in [-0.1, -0.05) is 104 Å². The van der Waals surface area contributed by atoms with Gasteiger partial charge in [-0.05, 0) is 24.3 Å². The third kappa shape index (κ3) is 3.29. The predicted octanol–water partition coefficient (Wildman–Crippen LogP) is 5.37. The largest absolute Gasteiger partial charge is 0.309 e. The Morgan fingerprint density at radius 2 is 1.04 bits per heavy atom. The summed E-state index contributed by atoms with van der Waals surface area (Å²) >= 11 is 0. The van der Waals surface area contributed by atoms with Crippen molar-refractivity contribution in [1.29, 1.82) is 0 Å². The molecule has 0 saturated heterocycles. The highest BCUT2D eigenvalue weighted by Gasteiger charge is 2.29. The Bertz CT molecular complexity index is 835. The van der Waals surface area contributed by atoms with Gasteiger partial charge in [-0.2, -0.15) is 0 Å². The Labute approximate surface area is 156 Å². The highest BCUT2D eigenvalue weighted by molar-refractivity contribution is 7.85. The number of rotatable bonds is 4. The monoisotopic (exact) mass is 360 g/mol. The minimum Gasteiger partial charge on any atom is -0.309 e. The molecular formula is C24H25OP. The van der Waals surface area contributed by atoms with Crippen molar-refractivity contribution in [3.8, 4) is 0 Å². The smallest absolute Gasteiger partial charge is 0.171 e. The van der Waals surface area contributed by atoms with E-state index in [9.17, 15) is 4.57 Å². The van der Waals surface area contributed by atoms with Gasteiger partial charge < -0.3 is 4.57 Å². The molecule has 2 heteroatoms. The Morgan fingerprint density at radius 3 is 1.54 bits per heavy atom. The van der Waals surface area contributed by atoms with Gasteiger partial charge in [0.1, 0.15) is 0 Å². The highest BCUT2D eigenvalue weighted by atomic mass is 31.2. The van der Waals surface area contributed by atoms with E-state index >= 15 is 0 Å². The number of benzene rings is 3. The predicted molar refractivity (Wildman–Crippen MR) is 112 cm³/mol. The molecule has 0 atom stereocenters. The summed E-state index contributed by atoms with van der Waals surface area (Å²) in [4.78, 5) is 0. The summed E-state index contributed by atoms with van der Waals surface area (Å²) in [5, 5.41) is 2.72. The lowest BCUT2D eigenvalue weighted by Crippen LogP contribution is -2.25. The molecule has 1 aliphatic carbocycles. The molecule has 0 amide bonds. The molecule has 1 saturated carbocycles. The quantitative estimate of drug-likeness (QED) is 0.571. The fraction of sp³-hybridized carbons (Fsp3) is 0.250. The zero-order chi connectivity index (χ0) is 17.8. The first-order valence-electron chi connectivity index (χ1n) is 9.60. The second kappa shape index (κ2) is 7.64. The van der Waals surface area contributed by atoms with Crippen LogP contribution in [0.4, 0.5) is 0 Å². The first-order chi connectivity index (χ1) is 12.8. The van der Waals surface area contributed by atoms with E-state index in [-0.39, 0.29) is 0 Å². The van der Waals surface area contributed by atoms with Gasteiger partial charge in [-0.15, -0.1) is 0 Å². The van der Waals surface area contributed by atoms with E-state index in [0.717, 1.165) is 15.9 Å². The molecule has 0 aromatic heterocycles. The van der Waals surface area contributed by atoms with Crippen molar-refractivity contribution in [3.63, 3.8) is 0 Å². The van der Waals surface area contributed by atoms with Crippen LogP contribution in [0.25, 0.3) is 0 Å². The Balaban J connectivity index is 1.76. The summed E-state index contributed by atoms with van der Waals surface area (Å²) in [7, 11) is -2.84. The molecule has 132 valence electrons. The van der Waals surface area contributed by atoms with Crippen LogP contribution in [0.15, 0.2) is 84.9 Å². The van der Waals surface area contributed by atoms with E-state index in [4.69, 9.17) is 0 Å². The SMILES string of the molecule is O=P(c1ccccc1)(c1ccccc1)c1ccc(C2CCCCC2)cc1. The molecule has 0 spiro atoms. The van der Waals surface area contributed by atoms with Crippen LogP contribution in [0.1, 0.15) is 43.6 Å². The summed E-state index contributed by atoms with van der Waals surface area (Å²) in [6.45, 7) is 0. The number of hydrogen-bond donors (Lipinski definition) is 0. The molecule has 0 heterocycles. The Morgan fingerprint density at radius 1 is 0.577 bits per heavy atom. The first-order valence-corrected chi connectivity index (χ1v) is 11.3. The molecule has 0 radical (unpaired) electrons. The van der Waals surface area contributed by atoms with Crippen molar-refractivity contribution in [3.05, 3.63) is 90.5 Å². The first kappa shape index (κ1) is 17.3. The van der Waals surface area contributed by atoms with Gasteiger partial charge in [0.2, 0.25) is 0 Å². The van der Waals surface area contributed by atoms with Crippen molar-refractivity contribution in [2.75, 3.05) is 0 Å². The molecular weight excluding hydrogens is 335 g/mol. The van der Waals surface area contributed by atoms with Gasteiger partial charge in [0.05, 0.1) is 0 Å². The van der Waals surface area contributed by atoms with Crippen LogP contribution in [0, 0.1) is 0 Å². The molecule has 0 unspecified atom stereocenters. The standard InChI is InChI=1S/C24H25OP/c25-26(22-12-6-2-7-13-22,23-14-8-3-9-15-23)24-18-16-21(17-19-24)20-10-4-1-5-11-20/h2-3,6-9,12-20H,1,4-5,10-11H2. The van der Waals surface area contributed by atoms with Gasteiger partial charge >= 0.3 is 0 Å². The van der Waals surface area contributed by atoms with Crippen molar-refractivity contribution in [2.24, 2.45) is 0 Å². The summed E-state index contributed by atoms with van der Waals surface area (Å²) in [5.74, 6) is 0.672. The molecule has 1 nitrogen and oxygen atoms in total. The van der Waals surface area contributed by atoms with Gasteiger partial charge in [-0.25, -0.2) is 0 Å². The average Bonchev–Trinajstić information content (AvgIpc) is 2.75. The normalized spacial score (nSPS) is 15.7. The summed E-state index contributed by atoms with van der Waals surface area (Å²) in [6.07, 6.45) is 6.60. The molecule has 1 aliphatic rings. The fourth-order valence-electron chi connectivity index (χ4n) is 4.12. The lowest BCUT2D eigenvalue weighted by Gasteiger charge is -2.24. The van der Waals surface area contributed by atoms with Crippen LogP contribution in [0.5, 0.6) is 0 Å². The summed E-state index contributed by atoms with van der Waals surface area (Å²) < 4.78 is 14.3. The molecule has 0 bridgehead atoms. The molecule has 0 aliphatic heterocycles. The molecule has 3 aromatic rings. The van der Waals surface area contributed by atoms with Crippen molar-refractivity contribution < 1.29 is 4.57 Å². The van der Waals surface area contributed by atoms with Crippen LogP contribution >= 0.6 is 7.14 Å². The molecule has 26 heavy (non-hydrogen) atoms. The maximum absolute atomic E-state index is 14.3. The zero-order valence-corrected chi connectivity index (χ0v) is 15.9. The minimum absolute atomic E-state index is 0.672. The average molecular weight is 360 g/mol. The summed E-state index contributed by atoms with van der Waals surface area (Å²) in [6, 6.07) is 28.4. The third-order valence-electron chi connectivity index (χ3n) is 5.57. The second-order valence-electron chi connectivity index (χ2n) is 7.21.